The molecule has 0 aromatic heterocycles. The second-order valence-corrected chi connectivity index (χ2v) is 5.41. The Morgan fingerprint density at radius 2 is 2.28 bits per heavy atom. The van der Waals surface area contributed by atoms with Crippen molar-refractivity contribution in [1.82, 2.24) is 4.90 Å². The average molecular weight is 269 g/mol. The van der Waals surface area contributed by atoms with Crippen molar-refractivity contribution in [2.45, 2.75) is 38.3 Å². The fourth-order valence-electron chi connectivity index (χ4n) is 2.69. The van der Waals surface area contributed by atoms with Crippen LogP contribution in [0.1, 0.15) is 31.2 Å². The van der Waals surface area contributed by atoms with Crippen molar-refractivity contribution in [2.24, 2.45) is 0 Å². The van der Waals surface area contributed by atoms with Gasteiger partial charge in [-0.1, -0.05) is 11.6 Å². The molecule has 100 valence electrons. The molecule has 1 heterocycles. The van der Waals surface area contributed by atoms with Crippen molar-refractivity contribution in [1.29, 1.82) is 0 Å². The number of nitrogens with zero attached hydrogens (tertiary/aromatic N) is 1. The van der Waals surface area contributed by atoms with Gasteiger partial charge in [0.1, 0.15) is 0 Å². The van der Waals surface area contributed by atoms with Gasteiger partial charge in [-0.2, -0.15) is 0 Å². The summed E-state index contributed by atoms with van der Waals surface area (Å²) in [5, 5.41) is 9.67. The second-order valence-electron chi connectivity index (χ2n) is 4.98. The number of likely N-dealkylation sites (tertiary alicyclic amines) is 1. The lowest BCUT2D eigenvalue weighted by Gasteiger charge is -2.25. The van der Waals surface area contributed by atoms with Gasteiger partial charge in [0.15, 0.2) is 0 Å². The standard InChI is InChI=1S/C14H21ClN2O/c15-12-5-6-14(16)11(9-12)10-17-7-1-3-13(17)4-2-8-18/h5-6,9,13,18H,1-4,7-8,10,16H2. The highest BCUT2D eigenvalue weighted by molar-refractivity contribution is 6.30. The van der Waals surface area contributed by atoms with Crippen molar-refractivity contribution in [3.8, 4) is 0 Å². The van der Waals surface area contributed by atoms with Crippen molar-refractivity contribution in [2.75, 3.05) is 18.9 Å². The smallest absolute Gasteiger partial charge is 0.0431 e. The molecule has 3 nitrogen and oxygen atoms in total. The van der Waals surface area contributed by atoms with Crippen molar-refractivity contribution < 1.29 is 5.11 Å². The van der Waals surface area contributed by atoms with E-state index in [1.54, 1.807) is 0 Å². The highest BCUT2D eigenvalue weighted by atomic mass is 35.5. The molecular weight excluding hydrogens is 248 g/mol. The van der Waals surface area contributed by atoms with Gasteiger partial charge in [-0.05, 0) is 56.0 Å². The minimum absolute atomic E-state index is 0.281. The fraction of sp³-hybridized carbons (Fsp3) is 0.571. The molecule has 1 aliphatic rings. The number of nitrogen functional groups attached to an aromatic ring is 1. The Morgan fingerprint density at radius 3 is 3.06 bits per heavy atom. The van der Waals surface area contributed by atoms with E-state index in [9.17, 15) is 0 Å². The molecule has 0 saturated carbocycles. The summed E-state index contributed by atoms with van der Waals surface area (Å²) in [6.45, 7) is 2.26. The molecule has 1 fully saturated rings. The predicted molar refractivity (Wildman–Crippen MR) is 75.6 cm³/mol. The van der Waals surface area contributed by atoms with Crippen LogP contribution < -0.4 is 5.73 Å². The average Bonchev–Trinajstić information content (AvgIpc) is 2.79. The molecule has 1 saturated heterocycles. The molecule has 1 unspecified atom stereocenters. The van der Waals surface area contributed by atoms with Crippen molar-refractivity contribution in [3.63, 3.8) is 0 Å². The van der Waals surface area contributed by atoms with Crippen LogP contribution in [0.15, 0.2) is 18.2 Å². The second kappa shape index (κ2) is 6.41. The highest BCUT2D eigenvalue weighted by Crippen LogP contribution is 2.26. The van der Waals surface area contributed by atoms with Gasteiger partial charge < -0.3 is 10.8 Å². The quantitative estimate of drug-likeness (QED) is 0.808. The van der Waals surface area contributed by atoms with Gasteiger partial charge in [0.05, 0.1) is 0 Å². The minimum atomic E-state index is 0.281. The number of rotatable bonds is 5. The Kier molecular flexibility index (Phi) is 4.87. The molecule has 0 amide bonds. The van der Waals surface area contributed by atoms with Gasteiger partial charge >= 0.3 is 0 Å². The first-order valence-corrected chi connectivity index (χ1v) is 6.97. The molecule has 18 heavy (non-hydrogen) atoms. The number of benzene rings is 1. The van der Waals surface area contributed by atoms with Gasteiger partial charge in [-0.25, -0.2) is 0 Å². The maximum absolute atomic E-state index is 8.93. The number of anilines is 1. The molecule has 4 heteroatoms. The summed E-state index contributed by atoms with van der Waals surface area (Å²) in [5.74, 6) is 0. The van der Waals surface area contributed by atoms with E-state index in [0.717, 1.165) is 42.2 Å². The summed E-state index contributed by atoms with van der Waals surface area (Å²) >= 11 is 6.02. The maximum atomic E-state index is 8.93. The van der Waals surface area contributed by atoms with Crippen LogP contribution in [0.25, 0.3) is 0 Å². The van der Waals surface area contributed by atoms with E-state index in [4.69, 9.17) is 22.4 Å². The first-order chi connectivity index (χ1) is 8.70. The van der Waals surface area contributed by atoms with Gasteiger partial charge in [-0.3, -0.25) is 4.90 Å². The first kappa shape index (κ1) is 13.7. The zero-order valence-electron chi connectivity index (χ0n) is 10.6. The minimum Gasteiger partial charge on any atom is -0.398 e. The van der Waals surface area contributed by atoms with Gasteiger partial charge in [0, 0.05) is 29.9 Å². The fourth-order valence-corrected chi connectivity index (χ4v) is 2.88. The van der Waals surface area contributed by atoms with E-state index in [2.05, 4.69) is 4.90 Å². The van der Waals surface area contributed by atoms with E-state index in [-0.39, 0.29) is 6.61 Å². The number of halogens is 1. The molecule has 0 aliphatic carbocycles. The van der Waals surface area contributed by atoms with Crippen LogP contribution in [0.4, 0.5) is 5.69 Å². The van der Waals surface area contributed by atoms with Crippen molar-refractivity contribution in [3.05, 3.63) is 28.8 Å². The molecule has 0 spiro atoms. The Hall–Kier alpha value is -0.770. The lowest BCUT2D eigenvalue weighted by molar-refractivity contribution is 0.210. The highest BCUT2D eigenvalue weighted by Gasteiger charge is 2.24. The zero-order valence-corrected chi connectivity index (χ0v) is 11.4. The Balaban J connectivity index is 2.01. The largest absolute Gasteiger partial charge is 0.398 e. The molecule has 2 rings (SSSR count). The number of hydrogen-bond donors (Lipinski definition) is 2. The number of nitrogens with two attached hydrogens (primary N) is 1. The molecule has 0 bridgehead atoms. The summed E-state index contributed by atoms with van der Waals surface area (Å²) in [5.41, 5.74) is 7.91. The topological polar surface area (TPSA) is 49.5 Å². The van der Waals surface area contributed by atoms with Crippen LogP contribution in [0.2, 0.25) is 5.02 Å². The normalized spacial score (nSPS) is 20.4. The predicted octanol–water partition coefficient (Wildman–Crippen LogP) is 2.66. The van der Waals surface area contributed by atoms with Crippen LogP contribution in [-0.2, 0) is 6.54 Å². The molecule has 0 radical (unpaired) electrons. The van der Waals surface area contributed by atoms with Crippen LogP contribution in [0, 0.1) is 0 Å². The molecular formula is C14H21ClN2O. The first-order valence-electron chi connectivity index (χ1n) is 6.59. The number of aliphatic hydroxyl groups excluding tert-OH is 1. The van der Waals surface area contributed by atoms with E-state index >= 15 is 0 Å². The van der Waals surface area contributed by atoms with Gasteiger partial charge in [-0.15, -0.1) is 0 Å². The van der Waals surface area contributed by atoms with Crippen LogP contribution in [0.3, 0.4) is 0 Å². The summed E-state index contributed by atoms with van der Waals surface area (Å²) in [7, 11) is 0. The van der Waals surface area contributed by atoms with E-state index in [1.165, 1.54) is 12.8 Å². The summed E-state index contributed by atoms with van der Waals surface area (Å²) in [6, 6.07) is 6.23. The lowest BCUT2D eigenvalue weighted by Crippen LogP contribution is -2.29. The Morgan fingerprint density at radius 1 is 1.44 bits per heavy atom. The summed E-state index contributed by atoms with van der Waals surface area (Å²) in [6.07, 6.45) is 4.40. The number of hydrogen-bond acceptors (Lipinski definition) is 3. The zero-order chi connectivity index (χ0) is 13.0. The summed E-state index contributed by atoms with van der Waals surface area (Å²) in [4.78, 5) is 2.46. The monoisotopic (exact) mass is 268 g/mol. The van der Waals surface area contributed by atoms with Crippen LogP contribution >= 0.6 is 11.6 Å². The Labute approximate surface area is 114 Å². The lowest BCUT2D eigenvalue weighted by atomic mass is 10.1. The number of aliphatic hydroxyl groups is 1. The molecule has 1 aromatic carbocycles. The van der Waals surface area contributed by atoms with Crippen molar-refractivity contribution >= 4 is 17.3 Å². The third kappa shape index (κ3) is 3.37. The third-order valence-corrected chi connectivity index (χ3v) is 3.91. The SMILES string of the molecule is Nc1ccc(Cl)cc1CN1CCCC1CCCO. The van der Waals surface area contributed by atoms with Crippen LogP contribution in [0.5, 0.6) is 0 Å². The van der Waals surface area contributed by atoms with E-state index in [1.807, 2.05) is 18.2 Å². The van der Waals surface area contributed by atoms with Gasteiger partial charge in [0.2, 0.25) is 0 Å². The molecule has 3 N–H and O–H groups in total. The van der Waals surface area contributed by atoms with Crippen LogP contribution in [-0.4, -0.2) is 29.2 Å². The molecule has 1 atom stereocenters. The Bertz CT molecular complexity index is 397. The third-order valence-electron chi connectivity index (χ3n) is 3.67. The maximum Gasteiger partial charge on any atom is 0.0431 e. The van der Waals surface area contributed by atoms with Gasteiger partial charge in [0.25, 0.3) is 0 Å². The molecule has 1 aromatic rings. The van der Waals surface area contributed by atoms with E-state index < -0.39 is 0 Å². The summed E-state index contributed by atoms with van der Waals surface area (Å²) < 4.78 is 0. The molecule has 1 aliphatic heterocycles. The van der Waals surface area contributed by atoms with E-state index in [0.29, 0.717) is 6.04 Å².